The van der Waals surface area contributed by atoms with E-state index in [2.05, 4.69) is 20.9 Å². The Labute approximate surface area is 87.9 Å². The van der Waals surface area contributed by atoms with E-state index in [0.29, 0.717) is 5.39 Å². The van der Waals surface area contributed by atoms with E-state index in [-0.39, 0.29) is 5.69 Å². The zero-order chi connectivity index (χ0) is 10.1. The number of benzene rings is 1. The Hall–Kier alpha value is -1.49. The van der Waals surface area contributed by atoms with Crippen LogP contribution in [0.15, 0.2) is 35.1 Å². The maximum absolute atomic E-state index is 10.7. The van der Waals surface area contributed by atoms with Gasteiger partial charge < -0.3 is 0 Å². The Morgan fingerprint density at radius 1 is 1.29 bits per heavy atom. The van der Waals surface area contributed by atoms with E-state index >= 15 is 0 Å². The molecule has 4 nitrogen and oxygen atoms in total. The third-order valence-corrected chi connectivity index (χ3v) is 2.62. The van der Waals surface area contributed by atoms with E-state index in [1.165, 1.54) is 6.20 Å². The van der Waals surface area contributed by atoms with E-state index in [1.54, 1.807) is 18.3 Å². The van der Waals surface area contributed by atoms with Crippen molar-refractivity contribution in [2.24, 2.45) is 0 Å². The topological polar surface area (TPSA) is 56.0 Å². The minimum atomic E-state index is -0.429. The highest BCUT2D eigenvalue weighted by Crippen LogP contribution is 2.28. The lowest BCUT2D eigenvalue weighted by Crippen LogP contribution is -1.90. The van der Waals surface area contributed by atoms with Crippen LogP contribution in [0.5, 0.6) is 0 Å². The van der Waals surface area contributed by atoms with Crippen molar-refractivity contribution >= 4 is 32.4 Å². The lowest BCUT2D eigenvalue weighted by molar-refractivity contribution is -0.383. The van der Waals surface area contributed by atoms with Crippen LogP contribution in [0.3, 0.4) is 0 Å². The average Bonchev–Trinajstić information content (AvgIpc) is 2.17. The van der Waals surface area contributed by atoms with Crippen molar-refractivity contribution in [2.75, 3.05) is 0 Å². The van der Waals surface area contributed by atoms with Crippen molar-refractivity contribution in [2.45, 2.75) is 0 Å². The predicted octanol–water partition coefficient (Wildman–Crippen LogP) is 2.91. The lowest BCUT2D eigenvalue weighted by atomic mass is 10.1. The predicted molar refractivity (Wildman–Crippen MR) is 56.1 cm³/mol. The summed E-state index contributed by atoms with van der Waals surface area (Å²) in [6, 6.07) is 5.30. The van der Waals surface area contributed by atoms with Crippen LogP contribution in [-0.2, 0) is 0 Å². The van der Waals surface area contributed by atoms with Gasteiger partial charge in [0.15, 0.2) is 0 Å². The summed E-state index contributed by atoms with van der Waals surface area (Å²) < 4.78 is 0.811. The number of fused-ring (bicyclic) bond motifs is 1. The van der Waals surface area contributed by atoms with Gasteiger partial charge >= 0.3 is 0 Å². The molecule has 0 N–H and O–H groups in total. The molecule has 14 heavy (non-hydrogen) atoms. The number of nitro groups is 1. The third-order valence-electron chi connectivity index (χ3n) is 1.93. The zero-order valence-electron chi connectivity index (χ0n) is 6.98. The van der Waals surface area contributed by atoms with Gasteiger partial charge in [0.1, 0.15) is 6.20 Å². The SMILES string of the molecule is O=[N+]([O-])c1cncc2c(Br)cccc12. The molecule has 2 aromatic rings. The van der Waals surface area contributed by atoms with E-state index < -0.39 is 4.92 Å². The lowest BCUT2D eigenvalue weighted by Gasteiger charge is -1.99. The standard InChI is InChI=1S/C9H5BrN2O2/c10-8-3-1-2-6-7(8)4-11-5-9(6)12(13)14/h1-5H. The Morgan fingerprint density at radius 2 is 2.07 bits per heavy atom. The van der Waals surface area contributed by atoms with Crippen molar-refractivity contribution in [3.05, 3.63) is 45.2 Å². The first kappa shape index (κ1) is 9.08. The zero-order valence-corrected chi connectivity index (χ0v) is 8.56. The summed E-state index contributed by atoms with van der Waals surface area (Å²) in [5.74, 6) is 0. The van der Waals surface area contributed by atoms with E-state index in [9.17, 15) is 10.1 Å². The highest BCUT2D eigenvalue weighted by atomic mass is 79.9. The Balaban J connectivity index is 2.88. The normalized spacial score (nSPS) is 10.4. The molecule has 0 saturated carbocycles. The number of halogens is 1. The maximum Gasteiger partial charge on any atom is 0.295 e. The van der Waals surface area contributed by atoms with Gasteiger partial charge in [-0.2, -0.15) is 0 Å². The molecule has 5 heteroatoms. The van der Waals surface area contributed by atoms with Gasteiger partial charge in [0.25, 0.3) is 5.69 Å². The molecule has 0 amide bonds. The average molecular weight is 253 g/mol. The molecule has 0 aliphatic carbocycles. The molecular weight excluding hydrogens is 248 g/mol. The monoisotopic (exact) mass is 252 g/mol. The molecule has 1 aromatic heterocycles. The molecule has 0 saturated heterocycles. The van der Waals surface area contributed by atoms with Crippen LogP contribution in [0, 0.1) is 10.1 Å². The van der Waals surface area contributed by atoms with E-state index in [0.717, 1.165) is 9.86 Å². The Morgan fingerprint density at radius 3 is 2.79 bits per heavy atom. The highest BCUT2D eigenvalue weighted by molar-refractivity contribution is 9.10. The Bertz CT molecular complexity index is 513. The van der Waals surface area contributed by atoms with Gasteiger partial charge in [-0.1, -0.05) is 22.0 Å². The van der Waals surface area contributed by atoms with E-state index in [4.69, 9.17) is 0 Å². The summed E-state index contributed by atoms with van der Waals surface area (Å²) in [5, 5.41) is 12.0. The summed E-state index contributed by atoms with van der Waals surface area (Å²) >= 11 is 3.32. The third kappa shape index (κ3) is 1.35. The smallest absolute Gasteiger partial charge is 0.258 e. The molecular formula is C9H5BrN2O2. The highest BCUT2D eigenvalue weighted by Gasteiger charge is 2.12. The number of nitrogens with zero attached hydrogens (tertiary/aromatic N) is 2. The summed E-state index contributed by atoms with van der Waals surface area (Å²) in [6.07, 6.45) is 2.86. The van der Waals surface area contributed by atoms with Gasteiger partial charge in [0.2, 0.25) is 0 Å². The molecule has 0 fully saturated rings. The number of hydrogen-bond donors (Lipinski definition) is 0. The molecule has 70 valence electrons. The largest absolute Gasteiger partial charge is 0.295 e. The fourth-order valence-electron chi connectivity index (χ4n) is 1.29. The van der Waals surface area contributed by atoms with Crippen molar-refractivity contribution in [3.8, 4) is 0 Å². The second kappa shape index (κ2) is 3.34. The second-order valence-electron chi connectivity index (χ2n) is 2.75. The summed E-state index contributed by atoms with van der Waals surface area (Å²) in [4.78, 5) is 14.1. The fraction of sp³-hybridized carbons (Fsp3) is 0. The van der Waals surface area contributed by atoms with Crippen molar-refractivity contribution in [1.29, 1.82) is 0 Å². The van der Waals surface area contributed by atoms with Gasteiger partial charge in [0, 0.05) is 16.1 Å². The molecule has 0 spiro atoms. The first-order valence-corrected chi connectivity index (χ1v) is 4.66. The molecule has 2 rings (SSSR count). The first-order chi connectivity index (χ1) is 6.70. The molecule has 0 radical (unpaired) electrons. The second-order valence-corrected chi connectivity index (χ2v) is 3.61. The van der Waals surface area contributed by atoms with Gasteiger partial charge in [-0.15, -0.1) is 0 Å². The molecule has 0 bridgehead atoms. The summed E-state index contributed by atoms with van der Waals surface area (Å²) in [5.41, 5.74) is 0.0313. The fourth-order valence-corrected chi connectivity index (χ4v) is 1.76. The van der Waals surface area contributed by atoms with Gasteiger partial charge in [-0.25, -0.2) is 0 Å². The number of aromatic nitrogens is 1. The van der Waals surface area contributed by atoms with Crippen molar-refractivity contribution in [3.63, 3.8) is 0 Å². The summed E-state index contributed by atoms with van der Waals surface area (Å²) in [6.45, 7) is 0. The van der Waals surface area contributed by atoms with Gasteiger partial charge in [-0.05, 0) is 12.1 Å². The minimum Gasteiger partial charge on any atom is -0.258 e. The van der Waals surface area contributed by atoms with Crippen LogP contribution >= 0.6 is 15.9 Å². The Kier molecular flexibility index (Phi) is 2.17. The molecule has 0 aliphatic rings. The molecule has 1 heterocycles. The van der Waals surface area contributed by atoms with E-state index in [1.807, 2.05) is 6.07 Å². The number of pyridine rings is 1. The van der Waals surface area contributed by atoms with Crippen LogP contribution in [0.4, 0.5) is 5.69 Å². The van der Waals surface area contributed by atoms with Gasteiger partial charge in [0.05, 0.1) is 10.3 Å². The summed E-state index contributed by atoms with van der Waals surface area (Å²) in [7, 11) is 0. The van der Waals surface area contributed by atoms with Crippen LogP contribution < -0.4 is 0 Å². The molecule has 1 aromatic carbocycles. The first-order valence-electron chi connectivity index (χ1n) is 3.87. The molecule has 0 atom stereocenters. The molecule has 0 aliphatic heterocycles. The van der Waals surface area contributed by atoms with Crippen LogP contribution in [0.2, 0.25) is 0 Å². The van der Waals surface area contributed by atoms with Crippen LogP contribution in [-0.4, -0.2) is 9.91 Å². The number of rotatable bonds is 1. The number of hydrogen-bond acceptors (Lipinski definition) is 3. The van der Waals surface area contributed by atoms with Gasteiger partial charge in [-0.3, -0.25) is 15.1 Å². The van der Waals surface area contributed by atoms with Crippen LogP contribution in [0.25, 0.3) is 10.8 Å². The molecule has 0 unspecified atom stereocenters. The minimum absolute atomic E-state index is 0.0313. The van der Waals surface area contributed by atoms with Crippen molar-refractivity contribution < 1.29 is 4.92 Å². The quantitative estimate of drug-likeness (QED) is 0.579. The van der Waals surface area contributed by atoms with Crippen LogP contribution in [0.1, 0.15) is 0 Å². The maximum atomic E-state index is 10.7. The van der Waals surface area contributed by atoms with Crippen molar-refractivity contribution in [1.82, 2.24) is 4.98 Å².